The highest BCUT2D eigenvalue weighted by atomic mass is 32.2. The minimum Gasteiger partial charge on any atom is -0.306 e. The second-order valence-electron chi connectivity index (χ2n) is 5.05. The normalized spacial score (nSPS) is 12.1. The van der Waals surface area contributed by atoms with Crippen molar-refractivity contribution in [2.45, 2.75) is 25.3 Å². The van der Waals surface area contributed by atoms with Gasteiger partial charge >= 0.3 is 5.69 Å². The number of nitrogens with zero attached hydrogens (tertiary/aromatic N) is 1. The van der Waals surface area contributed by atoms with Gasteiger partial charge in [-0.05, 0) is 31.5 Å². The van der Waals surface area contributed by atoms with Crippen molar-refractivity contribution in [1.82, 2.24) is 24.9 Å². The first-order valence-corrected chi connectivity index (χ1v) is 8.07. The highest BCUT2D eigenvalue weighted by Gasteiger charge is 2.21. The van der Waals surface area contributed by atoms with Crippen molar-refractivity contribution in [2.75, 3.05) is 0 Å². The molecule has 4 N–H and O–H groups in total. The maximum atomic E-state index is 12.3. The first-order chi connectivity index (χ1) is 10.4. The lowest BCUT2D eigenvalue weighted by atomic mass is 10.2. The molecule has 2 aromatic heterocycles. The van der Waals surface area contributed by atoms with Crippen LogP contribution in [0.25, 0.3) is 11.0 Å². The van der Waals surface area contributed by atoms with Crippen molar-refractivity contribution < 1.29 is 8.42 Å². The number of aromatic nitrogens is 4. The van der Waals surface area contributed by atoms with Gasteiger partial charge < -0.3 is 9.97 Å². The van der Waals surface area contributed by atoms with Gasteiger partial charge in [0, 0.05) is 6.54 Å². The average Bonchev–Trinajstić information content (AvgIpc) is 2.98. The Balaban J connectivity index is 1.85. The number of aryl methyl sites for hydroxylation is 2. The Morgan fingerprint density at radius 1 is 1.18 bits per heavy atom. The molecular formula is C13H15N5O3S. The number of sulfonamides is 1. The molecular weight excluding hydrogens is 306 g/mol. The van der Waals surface area contributed by atoms with Crippen LogP contribution in [-0.2, 0) is 16.6 Å². The maximum absolute atomic E-state index is 12.3. The van der Waals surface area contributed by atoms with Gasteiger partial charge in [0.15, 0.2) is 0 Å². The fourth-order valence-corrected chi connectivity index (χ4v) is 3.76. The number of imidazole rings is 1. The minimum atomic E-state index is -3.65. The molecule has 2 heterocycles. The number of benzene rings is 1. The van der Waals surface area contributed by atoms with Crippen LogP contribution in [-0.4, -0.2) is 28.6 Å². The third-order valence-electron chi connectivity index (χ3n) is 3.38. The highest BCUT2D eigenvalue weighted by molar-refractivity contribution is 7.89. The molecule has 3 rings (SSSR count). The molecule has 0 saturated heterocycles. The second-order valence-corrected chi connectivity index (χ2v) is 6.75. The molecule has 3 aromatic rings. The van der Waals surface area contributed by atoms with E-state index in [0.717, 1.165) is 5.56 Å². The van der Waals surface area contributed by atoms with E-state index in [9.17, 15) is 13.2 Å². The van der Waals surface area contributed by atoms with Gasteiger partial charge in [0.05, 0.1) is 22.4 Å². The Labute approximate surface area is 126 Å². The summed E-state index contributed by atoms with van der Waals surface area (Å²) < 4.78 is 27.2. The van der Waals surface area contributed by atoms with Crippen molar-refractivity contribution in [3.05, 3.63) is 45.6 Å². The SMILES string of the molecule is Cc1n[nH]c(C)c1S(=O)(=O)NCc1ccc2[nH]c(=O)[nH]c2c1. The number of nitrogens with one attached hydrogen (secondary N) is 4. The molecule has 9 heteroatoms. The monoisotopic (exact) mass is 321 g/mol. The summed E-state index contributed by atoms with van der Waals surface area (Å²) in [6, 6.07) is 5.21. The summed E-state index contributed by atoms with van der Waals surface area (Å²) in [4.78, 5) is 16.7. The predicted octanol–water partition coefficient (Wildman–Crippen LogP) is 0.675. The zero-order valence-electron chi connectivity index (χ0n) is 12.0. The van der Waals surface area contributed by atoms with Crippen LogP contribution in [0.3, 0.4) is 0 Å². The Bertz CT molecular complexity index is 977. The molecule has 0 aliphatic rings. The third kappa shape index (κ3) is 2.55. The van der Waals surface area contributed by atoms with E-state index in [2.05, 4.69) is 24.9 Å². The molecule has 0 amide bonds. The highest BCUT2D eigenvalue weighted by Crippen LogP contribution is 2.17. The first kappa shape index (κ1) is 14.5. The lowest BCUT2D eigenvalue weighted by molar-refractivity contribution is 0.580. The van der Waals surface area contributed by atoms with E-state index in [4.69, 9.17) is 0 Å². The predicted molar refractivity (Wildman–Crippen MR) is 81.0 cm³/mol. The van der Waals surface area contributed by atoms with Gasteiger partial charge in [0.2, 0.25) is 10.0 Å². The third-order valence-corrected chi connectivity index (χ3v) is 5.04. The molecule has 0 aliphatic carbocycles. The zero-order valence-corrected chi connectivity index (χ0v) is 12.8. The molecule has 22 heavy (non-hydrogen) atoms. The summed E-state index contributed by atoms with van der Waals surface area (Å²) in [7, 11) is -3.65. The van der Waals surface area contributed by atoms with Crippen molar-refractivity contribution in [3.8, 4) is 0 Å². The van der Waals surface area contributed by atoms with Gasteiger partial charge in [-0.25, -0.2) is 17.9 Å². The molecule has 0 spiro atoms. The van der Waals surface area contributed by atoms with Crippen LogP contribution in [0.15, 0.2) is 27.9 Å². The fourth-order valence-electron chi connectivity index (χ4n) is 2.38. The Hall–Kier alpha value is -2.39. The van der Waals surface area contributed by atoms with Crippen LogP contribution < -0.4 is 10.4 Å². The maximum Gasteiger partial charge on any atom is 0.323 e. The summed E-state index contributed by atoms with van der Waals surface area (Å²) in [6.07, 6.45) is 0. The summed E-state index contributed by atoms with van der Waals surface area (Å²) in [5, 5.41) is 6.55. The molecule has 0 atom stereocenters. The van der Waals surface area contributed by atoms with Crippen LogP contribution >= 0.6 is 0 Å². The van der Waals surface area contributed by atoms with Gasteiger partial charge in [0.1, 0.15) is 4.90 Å². The Morgan fingerprint density at radius 3 is 2.59 bits per heavy atom. The van der Waals surface area contributed by atoms with Gasteiger partial charge in [-0.1, -0.05) is 6.07 Å². The smallest absolute Gasteiger partial charge is 0.306 e. The van der Waals surface area contributed by atoms with Crippen molar-refractivity contribution >= 4 is 21.1 Å². The van der Waals surface area contributed by atoms with E-state index in [1.54, 1.807) is 32.0 Å². The first-order valence-electron chi connectivity index (χ1n) is 6.59. The van der Waals surface area contributed by atoms with E-state index in [1.165, 1.54) is 0 Å². The van der Waals surface area contributed by atoms with Gasteiger partial charge in [-0.15, -0.1) is 0 Å². The summed E-state index contributed by atoms with van der Waals surface area (Å²) in [5.74, 6) is 0. The molecule has 0 bridgehead atoms. The minimum absolute atomic E-state index is 0.121. The topological polar surface area (TPSA) is 123 Å². The summed E-state index contributed by atoms with van der Waals surface area (Å²) >= 11 is 0. The summed E-state index contributed by atoms with van der Waals surface area (Å²) in [6.45, 7) is 3.41. The van der Waals surface area contributed by atoms with Crippen molar-refractivity contribution in [2.24, 2.45) is 0 Å². The second kappa shape index (κ2) is 5.11. The van der Waals surface area contributed by atoms with Gasteiger partial charge in [-0.2, -0.15) is 5.10 Å². The largest absolute Gasteiger partial charge is 0.323 e. The molecule has 0 unspecified atom stereocenters. The quantitative estimate of drug-likeness (QED) is 0.564. The van der Waals surface area contributed by atoms with E-state index >= 15 is 0 Å². The van der Waals surface area contributed by atoms with Gasteiger partial charge in [-0.3, -0.25) is 5.10 Å². The number of fused-ring (bicyclic) bond motifs is 1. The van der Waals surface area contributed by atoms with E-state index in [0.29, 0.717) is 22.4 Å². The fraction of sp³-hybridized carbons (Fsp3) is 0.231. The number of aromatic amines is 3. The summed E-state index contributed by atoms with van der Waals surface area (Å²) in [5.41, 5.74) is 2.68. The number of H-pyrrole nitrogens is 3. The lowest BCUT2D eigenvalue weighted by Gasteiger charge is -2.07. The van der Waals surface area contributed by atoms with Crippen LogP contribution in [0, 0.1) is 13.8 Å². The molecule has 0 radical (unpaired) electrons. The Morgan fingerprint density at radius 2 is 1.91 bits per heavy atom. The molecule has 1 aromatic carbocycles. The molecule has 0 fully saturated rings. The number of hydrogen-bond donors (Lipinski definition) is 4. The molecule has 8 nitrogen and oxygen atoms in total. The van der Waals surface area contributed by atoms with E-state index < -0.39 is 10.0 Å². The van der Waals surface area contributed by atoms with Crippen LogP contribution in [0.2, 0.25) is 0 Å². The number of rotatable bonds is 4. The van der Waals surface area contributed by atoms with Gasteiger partial charge in [0.25, 0.3) is 0 Å². The zero-order chi connectivity index (χ0) is 15.9. The number of hydrogen-bond acceptors (Lipinski definition) is 4. The molecule has 116 valence electrons. The standard InChI is InChI=1S/C13H15N5O3S/c1-7-12(8(2)18-17-7)22(20,21)14-6-9-3-4-10-11(5-9)16-13(19)15-10/h3-5,14H,6H2,1-2H3,(H,17,18)(H2,15,16,19). The lowest BCUT2D eigenvalue weighted by Crippen LogP contribution is -2.24. The van der Waals surface area contributed by atoms with Crippen molar-refractivity contribution in [3.63, 3.8) is 0 Å². The Kier molecular flexibility index (Phi) is 3.38. The molecule has 0 saturated carbocycles. The van der Waals surface area contributed by atoms with Crippen LogP contribution in [0.4, 0.5) is 0 Å². The van der Waals surface area contributed by atoms with Crippen molar-refractivity contribution in [1.29, 1.82) is 0 Å². The van der Waals surface area contributed by atoms with E-state index in [1.807, 2.05) is 0 Å². The molecule has 0 aliphatic heterocycles. The average molecular weight is 321 g/mol. The van der Waals surface area contributed by atoms with Crippen LogP contribution in [0.1, 0.15) is 17.0 Å². The van der Waals surface area contributed by atoms with E-state index in [-0.39, 0.29) is 17.1 Å². The van der Waals surface area contributed by atoms with Crippen LogP contribution in [0.5, 0.6) is 0 Å².